The van der Waals surface area contributed by atoms with Crippen LogP contribution in [0.2, 0.25) is 10.0 Å². The minimum Gasteiger partial charge on any atom is -0.495 e. The highest BCUT2D eigenvalue weighted by molar-refractivity contribution is 7.92. The molecule has 0 heterocycles. The van der Waals surface area contributed by atoms with Gasteiger partial charge in [0, 0.05) is 28.7 Å². The molecule has 0 fully saturated rings. The molecule has 244 valence electrons. The lowest BCUT2D eigenvalue weighted by Gasteiger charge is -2.34. The van der Waals surface area contributed by atoms with E-state index in [2.05, 4.69) is 5.32 Å². The van der Waals surface area contributed by atoms with E-state index in [1.807, 2.05) is 13.8 Å². The van der Waals surface area contributed by atoms with E-state index in [0.29, 0.717) is 22.8 Å². The number of amides is 2. The summed E-state index contributed by atoms with van der Waals surface area (Å²) in [5, 5.41) is 3.69. The van der Waals surface area contributed by atoms with Gasteiger partial charge in [-0.25, -0.2) is 8.42 Å². The van der Waals surface area contributed by atoms with Crippen molar-refractivity contribution < 1.29 is 32.2 Å². The van der Waals surface area contributed by atoms with Crippen molar-refractivity contribution in [1.29, 1.82) is 0 Å². The van der Waals surface area contributed by atoms with Crippen molar-refractivity contribution in [2.24, 2.45) is 0 Å². The average molecular weight is 681 g/mol. The molecule has 0 bridgehead atoms. The molecule has 13 heteroatoms. The summed E-state index contributed by atoms with van der Waals surface area (Å²) in [4.78, 5) is 29.0. The number of hydrogen-bond acceptors (Lipinski definition) is 7. The number of ether oxygens (including phenoxy) is 3. The summed E-state index contributed by atoms with van der Waals surface area (Å²) in [7, 11) is -0.243. The van der Waals surface area contributed by atoms with Crippen LogP contribution in [0.15, 0.2) is 65.6 Å². The van der Waals surface area contributed by atoms with Crippen molar-refractivity contribution in [3.63, 3.8) is 0 Å². The molecule has 0 saturated carbocycles. The van der Waals surface area contributed by atoms with Gasteiger partial charge >= 0.3 is 0 Å². The molecule has 0 spiro atoms. The lowest BCUT2D eigenvalue weighted by molar-refractivity contribution is -0.140. The topological polar surface area (TPSA) is 114 Å². The quantitative estimate of drug-likeness (QED) is 0.212. The molecule has 0 unspecified atom stereocenters. The van der Waals surface area contributed by atoms with E-state index in [1.165, 1.54) is 56.6 Å². The van der Waals surface area contributed by atoms with Gasteiger partial charge in [-0.2, -0.15) is 0 Å². The van der Waals surface area contributed by atoms with E-state index in [1.54, 1.807) is 37.3 Å². The molecule has 0 aromatic heterocycles. The number of hydrogen-bond donors (Lipinski definition) is 1. The third-order valence-corrected chi connectivity index (χ3v) is 9.53. The van der Waals surface area contributed by atoms with Crippen LogP contribution in [-0.4, -0.2) is 65.1 Å². The van der Waals surface area contributed by atoms with E-state index in [4.69, 9.17) is 37.4 Å². The Kier molecular flexibility index (Phi) is 12.8. The first-order valence-electron chi connectivity index (χ1n) is 14.3. The summed E-state index contributed by atoms with van der Waals surface area (Å²) >= 11 is 12.4. The number of benzene rings is 3. The Morgan fingerprint density at radius 3 is 2.00 bits per heavy atom. The molecule has 0 aliphatic heterocycles. The van der Waals surface area contributed by atoms with E-state index in [-0.39, 0.29) is 52.0 Å². The molecule has 0 aliphatic carbocycles. The average Bonchev–Trinajstić information content (AvgIpc) is 3.03. The Labute approximate surface area is 275 Å². The minimum atomic E-state index is -4.45. The summed E-state index contributed by atoms with van der Waals surface area (Å²) in [5.74, 6) is -0.292. The van der Waals surface area contributed by atoms with Crippen LogP contribution in [0.4, 0.5) is 5.69 Å². The molecule has 3 aromatic rings. The minimum absolute atomic E-state index is 0.0271. The second-order valence-electron chi connectivity index (χ2n) is 10.2. The van der Waals surface area contributed by atoms with Crippen molar-refractivity contribution in [2.45, 2.75) is 57.1 Å². The molecular weight excluding hydrogens is 641 g/mol. The maximum absolute atomic E-state index is 14.4. The molecule has 0 saturated heterocycles. The molecule has 0 aliphatic rings. The van der Waals surface area contributed by atoms with Crippen LogP contribution in [0.25, 0.3) is 0 Å². The Hall–Kier alpha value is -3.67. The first-order valence-corrected chi connectivity index (χ1v) is 16.5. The number of nitrogens with one attached hydrogen (secondary N) is 1. The van der Waals surface area contributed by atoms with Crippen molar-refractivity contribution in [1.82, 2.24) is 10.2 Å². The highest BCUT2D eigenvalue weighted by atomic mass is 35.5. The predicted molar refractivity (Wildman–Crippen MR) is 176 cm³/mol. The maximum atomic E-state index is 14.4. The molecule has 0 radical (unpaired) electrons. The summed E-state index contributed by atoms with van der Waals surface area (Å²) in [5.41, 5.74) is 0.744. The van der Waals surface area contributed by atoms with Crippen LogP contribution >= 0.6 is 23.2 Å². The summed E-state index contributed by atoms with van der Waals surface area (Å²) in [6.45, 7) is 4.96. The number of halogens is 2. The second kappa shape index (κ2) is 16.1. The fraction of sp³-hybridized carbons (Fsp3) is 0.375. The molecular formula is C32H39Cl2N3O7S. The van der Waals surface area contributed by atoms with Gasteiger partial charge in [-0.15, -0.1) is 0 Å². The largest absolute Gasteiger partial charge is 0.495 e. The van der Waals surface area contributed by atoms with E-state index in [9.17, 15) is 18.0 Å². The lowest BCUT2D eigenvalue weighted by Crippen LogP contribution is -2.53. The SMILES string of the molecule is CC[C@H](C)NC(=O)[C@H](CC)N(Cc1ccc(Cl)cc1)C(=O)CN(c1cc(Cl)ccc1OC)S(=O)(=O)c1ccc(OC)c(OC)c1. The third kappa shape index (κ3) is 8.74. The Balaban J connectivity index is 2.17. The van der Waals surface area contributed by atoms with Gasteiger partial charge in [0.05, 0.1) is 31.9 Å². The van der Waals surface area contributed by atoms with Crippen molar-refractivity contribution >= 4 is 50.7 Å². The molecule has 2 amide bonds. The van der Waals surface area contributed by atoms with Crippen molar-refractivity contribution in [2.75, 3.05) is 32.2 Å². The molecule has 2 atom stereocenters. The first kappa shape index (κ1) is 35.8. The van der Waals surface area contributed by atoms with Crippen LogP contribution < -0.4 is 23.8 Å². The highest BCUT2D eigenvalue weighted by Gasteiger charge is 2.35. The summed E-state index contributed by atoms with van der Waals surface area (Å²) < 4.78 is 45.8. The van der Waals surface area contributed by atoms with Gasteiger partial charge in [0.15, 0.2) is 11.5 Å². The monoisotopic (exact) mass is 679 g/mol. The molecule has 1 N–H and O–H groups in total. The summed E-state index contributed by atoms with van der Waals surface area (Å²) in [6, 6.07) is 14.4. The number of sulfonamides is 1. The van der Waals surface area contributed by atoms with Crippen LogP contribution in [-0.2, 0) is 26.2 Å². The zero-order chi connectivity index (χ0) is 33.3. The van der Waals surface area contributed by atoms with Gasteiger partial charge in [0.25, 0.3) is 10.0 Å². The fourth-order valence-corrected chi connectivity index (χ4v) is 6.35. The molecule has 3 aromatic carbocycles. The number of methoxy groups -OCH3 is 3. The molecule has 3 rings (SSSR count). The van der Waals surface area contributed by atoms with Gasteiger partial charge in [-0.1, -0.05) is 49.2 Å². The van der Waals surface area contributed by atoms with Crippen LogP contribution in [0, 0.1) is 0 Å². The van der Waals surface area contributed by atoms with Crippen molar-refractivity contribution in [3.8, 4) is 17.2 Å². The number of rotatable bonds is 15. The summed E-state index contributed by atoms with van der Waals surface area (Å²) in [6.07, 6.45) is 0.976. The van der Waals surface area contributed by atoms with Crippen LogP contribution in [0.1, 0.15) is 39.2 Å². The van der Waals surface area contributed by atoms with Gasteiger partial charge in [0.1, 0.15) is 18.3 Å². The normalized spacial score (nSPS) is 12.5. The Morgan fingerprint density at radius 2 is 1.42 bits per heavy atom. The first-order chi connectivity index (χ1) is 21.4. The number of carbonyl (C=O) groups excluding carboxylic acids is 2. The third-order valence-electron chi connectivity index (χ3n) is 7.28. The highest BCUT2D eigenvalue weighted by Crippen LogP contribution is 2.37. The number of carbonyl (C=O) groups is 2. The van der Waals surface area contributed by atoms with E-state index < -0.39 is 28.5 Å². The second-order valence-corrected chi connectivity index (χ2v) is 13.0. The van der Waals surface area contributed by atoms with Gasteiger partial charge in [-0.3, -0.25) is 13.9 Å². The fourth-order valence-electron chi connectivity index (χ4n) is 4.62. The predicted octanol–water partition coefficient (Wildman–Crippen LogP) is 5.94. The maximum Gasteiger partial charge on any atom is 0.265 e. The van der Waals surface area contributed by atoms with Gasteiger partial charge in [0.2, 0.25) is 11.8 Å². The van der Waals surface area contributed by atoms with E-state index >= 15 is 0 Å². The van der Waals surface area contributed by atoms with Crippen molar-refractivity contribution in [3.05, 3.63) is 76.3 Å². The van der Waals surface area contributed by atoms with Crippen LogP contribution in [0.3, 0.4) is 0 Å². The number of anilines is 1. The Bertz CT molecular complexity index is 1590. The van der Waals surface area contributed by atoms with Gasteiger partial charge in [-0.05, 0) is 67.8 Å². The van der Waals surface area contributed by atoms with Gasteiger partial charge < -0.3 is 24.4 Å². The van der Waals surface area contributed by atoms with E-state index in [0.717, 1.165) is 4.31 Å². The molecule has 10 nitrogen and oxygen atoms in total. The standard InChI is InChI=1S/C32H39Cl2N3O7S/c1-7-21(3)35-32(39)26(8-2)36(19-22-9-11-23(33)12-10-22)31(38)20-37(27-17-24(34)13-15-28(27)42-4)45(40,41)25-14-16-29(43-5)30(18-25)44-6/h9-18,21,26H,7-8,19-20H2,1-6H3,(H,35,39)/t21-,26-/m0/s1. The van der Waals surface area contributed by atoms with Crippen LogP contribution in [0.5, 0.6) is 17.2 Å². The molecule has 45 heavy (non-hydrogen) atoms. The zero-order valence-corrected chi connectivity index (χ0v) is 28.5. The lowest BCUT2D eigenvalue weighted by atomic mass is 10.1. The zero-order valence-electron chi connectivity index (χ0n) is 26.2. The smallest absolute Gasteiger partial charge is 0.265 e. The Morgan fingerprint density at radius 1 is 0.822 bits per heavy atom. The number of nitrogens with zero attached hydrogens (tertiary/aromatic N) is 2.